The number of hydrogen-bond donors (Lipinski definition) is 2. The van der Waals surface area contributed by atoms with Crippen LogP contribution in [0.25, 0.3) is 0 Å². The van der Waals surface area contributed by atoms with Crippen LogP contribution >= 0.6 is 23.4 Å². The van der Waals surface area contributed by atoms with Crippen molar-refractivity contribution in [1.82, 2.24) is 5.32 Å². The molecule has 2 amide bonds. The number of rotatable bonds is 4. The third kappa shape index (κ3) is 3.23. The number of benzene rings is 1. The van der Waals surface area contributed by atoms with Gasteiger partial charge in [0.15, 0.2) is 0 Å². The molecule has 2 aliphatic rings. The maximum atomic E-state index is 12.5. The third-order valence-corrected chi connectivity index (χ3v) is 5.87. The van der Waals surface area contributed by atoms with E-state index in [1.54, 1.807) is 24.3 Å². The van der Waals surface area contributed by atoms with Gasteiger partial charge >= 0.3 is 5.97 Å². The van der Waals surface area contributed by atoms with Gasteiger partial charge in [0.2, 0.25) is 11.8 Å². The molecule has 0 aromatic heterocycles. The summed E-state index contributed by atoms with van der Waals surface area (Å²) in [5, 5.41) is 12.7. The molecule has 0 bridgehead atoms. The van der Waals surface area contributed by atoms with Gasteiger partial charge in [-0.25, -0.2) is 4.79 Å². The number of carbonyl (C=O) groups excluding carboxylic acids is 2. The number of anilines is 1. The van der Waals surface area contributed by atoms with Gasteiger partial charge in [-0.15, -0.1) is 0 Å². The first-order valence-corrected chi connectivity index (χ1v) is 9.14. The minimum Gasteiger partial charge on any atom is -0.479 e. The van der Waals surface area contributed by atoms with Gasteiger partial charge in [0, 0.05) is 29.4 Å². The lowest BCUT2D eigenvalue weighted by atomic mass is 9.97. The Morgan fingerprint density at radius 3 is 2.62 bits per heavy atom. The molecule has 24 heavy (non-hydrogen) atoms. The first kappa shape index (κ1) is 17.1. The quantitative estimate of drug-likeness (QED) is 0.845. The summed E-state index contributed by atoms with van der Waals surface area (Å²) in [6.45, 7) is 0.245. The predicted octanol–water partition coefficient (Wildman–Crippen LogP) is 1.77. The van der Waals surface area contributed by atoms with E-state index in [0.29, 0.717) is 28.6 Å². The Bertz CT molecular complexity index is 673. The molecular formula is C16H17ClN2O4S. The van der Waals surface area contributed by atoms with Crippen molar-refractivity contribution in [3.63, 3.8) is 0 Å². The Balaban J connectivity index is 1.70. The van der Waals surface area contributed by atoms with E-state index in [2.05, 4.69) is 5.32 Å². The highest BCUT2D eigenvalue weighted by molar-refractivity contribution is 7.99. The number of halogens is 1. The molecule has 2 N–H and O–H groups in total. The molecule has 2 saturated heterocycles. The van der Waals surface area contributed by atoms with E-state index in [-0.39, 0.29) is 24.8 Å². The molecule has 2 aliphatic heterocycles. The standard InChI is InChI=1S/C16H17ClN2O4S/c17-11-1-3-12(4-2-11)19-8-10(7-13(19)20)14(21)18-16(15(22)23)5-6-24-9-16/h1-4,10H,5-9H2,(H,18,21)(H,22,23). The van der Waals surface area contributed by atoms with Crippen molar-refractivity contribution in [1.29, 1.82) is 0 Å². The molecule has 2 unspecified atom stereocenters. The van der Waals surface area contributed by atoms with Crippen LogP contribution in [0, 0.1) is 5.92 Å². The van der Waals surface area contributed by atoms with E-state index >= 15 is 0 Å². The van der Waals surface area contributed by atoms with Crippen LogP contribution in [0.4, 0.5) is 5.69 Å². The van der Waals surface area contributed by atoms with Crippen molar-refractivity contribution in [2.45, 2.75) is 18.4 Å². The Morgan fingerprint density at radius 1 is 1.33 bits per heavy atom. The molecule has 2 heterocycles. The van der Waals surface area contributed by atoms with Crippen molar-refractivity contribution in [3.05, 3.63) is 29.3 Å². The van der Waals surface area contributed by atoms with Crippen LogP contribution in [0.1, 0.15) is 12.8 Å². The number of nitrogens with one attached hydrogen (secondary N) is 1. The lowest BCUT2D eigenvalue weighted by Crippen LogP contribution is -2.56. The summed E-state index contributed by atoms with van der Waals surface area (Å²) >= 11 is 7.36. The first-order valence-electron chi connectivity index (χ1n) is 7.60. The normalized spacial score (nSPS) is 26.6. The molecule has 8 heteroatoms. The van der Waals surface area contributed by atoms with Crippen molar-refractivity contribution in [2.75, 3.05) is 23.0 Å². The fourth-order valence-corrected chi connectivity index (χ4v) is 4.43. The van der Waals surface area contributed by atoms with Gasteiger partial charge < -0.3 is 15.3 Å². The summed E-state index contributed by atoms with van der Waals surface area (Å²) in [4.78, 5) is 37.8. The van der Waals surface area contributed by atoms with E-state index in [0.717, 1.165) is 0 Å². The highest BCUT2D eigenvalue weighted by Gasteiger charge is 2.45. The van der Waals surface area contributed by atoms with E-state index in [1.165, 1.54) is 16.7 Å². The second kappa shape index (κ2) is 6.64. The summed E-state index contributed by atoms with van der Waals surface area (Å²) < 4.78 is 0. The number of aliphatic carboxylic acids is 1. The predicted molar refractivity (Wildman–Crippen MR) is 92.4 cm³/mol. The minimum atomic E-state index is -1.21. The second-order valence-electron chi connectivity index (χ2n) is 6.06. The maximum absolute atomic E-state index is 12.5. The molecule has 0 radical (unpaired) electrons. The number of amides is 2. The lowest BCUT2D eigenvalue weighted by Gasteiger charge is -2.26. The van der Waals surface area contributed by atoms with Crippen LogP contribution < -0.4 is 10.2 Å². The van der Waals surface area contributed by atoms with Crippen LogP contribution in [-0.2, 0) is 14.4 Å². The van der Waals surface area contributed by atoms with Gasteiger partial charge in [0.05, 0.1) is 5.92 Å². The average molecular weight is 369 g/mol. The van der Waals surface area contributed by atoms with Gasteiger partial charge in [0.1, 0.15) is 5.54 Å². The number of carboxylic acid groups (broad SMARTS) is 1. The molecule has 0 spiro atoms. The summed E-state index contributed by atoms with van der Waals surface area (Å²) in [6, 6.07) is 6.83. The summed E-state index contributed by atoms with van der Waals surface area (Å²) in [6.07, 6.45) is 0.484. The first-order chi connectivity index (χ1) is 11.4. The molecule has 128 valence electrons. The molecule has 1 aromatic rings. The molecular weight excluding hydrogens is 352 g/mol. The third-order valence-electron chi connectivity index (χ3n) is 4.43. The van der Waals surface area contributed by atoms with Crippen molar-refractivity contribution in [2.24, 2.45) is 5.92 Å². The largest absolute Gasteiger partial charge is 0.479 e. The zero-order valence-electron chi connectivity index (χ0n) is 12.8. The van der Waals surface area contributed by atoms with Gasteiger partial charge in [-0.3, -0.25) is 9.59 Å². The Kier molecular flexibility index (Phi) is 4.73. The Morgan fingerprint density at radius 2 is 2.04 bits per heavy atom. The van der Waals surface area contributed by atoms with Gasteiger partial charge in [-0.2, -0.15) is 11.8 Å². The van der Waals surface area contributed by atoms with Gasteiger partial charge in [-0.1, -0.05) is 11.6 Å². The van der Waals surface area contributed by atoms with Crippen LogP contribution in [-0.4, -0.2) is 46.5 Å². The fraction of sp³-hybridized carbons (Fsp3) is 0.438. The highest BCUT2D eigenvalue weighted by Crippen LogP contribution is 2.31. The number of hydrogen-bond acceptors (Lipinski definition) is 4. The smallest absolute Gasteiger partial charge is 0.330 e. The molecule has 3 rings (SSSR count). The fourth-order valence-electron chi connectivity index (χ4n) is 2.98. The second-order valence-corrected chi connectivity index (χ2v) is 7.60. The van der Waals surface area contributed by atoms with Crippen molar-refractivity contribution >= 4 is 46.8 Å². The maximum Gasteiger partial charge on any atom is 0.330 e. The summed E-state index contributed by atoms with van der Waals surface area (Å²) in [5.74, 6) is -1.02. The number of thioether (sulfide) groups is 1. The summed E-state index contributed by atoms with van der Waals surface area (Å²) in [5.41, 5.74) is -0.526. The SMILES string of the molecule is O=C(NC1(C(=O)O)CCSC1)C1CC(=O)N(c2ccc(Cl)cc2)C1. The van der Waals surface area contributed by atoms with Crippen LogP contribution in [0.5, 0.6) is 0 Å². The number of nitrogens with zero attached hydrogens (tertiary/aromatic N) is 1. The van der Waals surface area contributed by atoms with Crippen molar-refractivity contribution in [3.8, 4) is 0 Å². The average Bonchev–Trinajstić information content (AvgIpc) is 3.16. The Hall–Kier alpha value is -1.73. The zero-order valence-corrected chi connectivity index (χ0v) is 14.4. The van der Waals surface area contributed by atoms with Crippen molar-refractivity contribution < 1.29 is 19.5 Å². The molecule has 2 atom stereocenters. The van der Waals surface area contributed by atoms with E-state index < -0.39 is 17.4 Å². The number of carboxylic acids is 1. The molecule has 0 saturated carbocycles. The van der Waals surface area contributed by atoms with E-state index in [1.807, 2.05) is 0 Å². The van der Waals surface area contributed by atoms with E-state index in [4.69, 9.17) is 11.6 Å². The topological polar surface area (TPSA) is 86.7 Å². The molecule has 1 aromatic carbocycles. The van der Waals surface area contributed by atoms with E-state index in [9.17, 15) is 19.5 Å². The van der Waals surface area contributed by atoms with Gasteiger partial charge in [0.25, 0.3) is 0 Å². The van der Waals surface area contributed by atoms with Crippen LogP contribution in [0.2, 0.25) is 5.02 Å². The Labute approximate surface area is 148 Å². The number of carbonyl (C=O) groups is 3. The zero-order chi connectivity index (χ0) is 17.3. The molecule has 0 aliphatic carbocycles. The monoisotopic (exact) mass is 368 g/mol. The minimum absolute atomic E-state index is 0.0807. The summed E-state index contributed by atoms with van der Waals surface area (Å²) in [7, 11) is 0. The van der Waals surface area contributed by atoms with Crippen LogP contribution in [0.3, 0.4) is 0 Å². The van der Waals surface area contributed by atoms with Gasteiger partial charge in [-0.05, 0) is 36.4 Å². The van der Waals surface area contributed by atoms with Crippen LogP contribution in [0.15, 0.2) is 24.3 Å². The lowest BCUT2D eigenvalue weighted by molar-refractivity contribution is -0.147. The molecule has 6 nitrogen and oxygen atoms in total. The molecule has 2 fully saturated rings. The highest BCUT2D eigenvalue weighted by atomic mass is 35.5.